The number of hydrogen-bond donors (Lipinski definition) is 6. The molecule has 0 saturated carbocycles. The third-order valence-corrected chi connectivity index (χ3v) is 15.7. The van der Waals surface area contributed by atoms with Gasteiger partial charge in [0.15, 0.2) is 12.8 Å². The van der Waals surface area contributed by atoms with Crippen molar-refractivity contribution in [2.45, 2.75) is 143 Å². The van der Waals surface area contributed by atoms with Crippen LogP contribution in [0.3, 0.4) is 0 Å². The van der Waals surface area contributed by atoms with Crippen molar-refractivity contribution in [3.63, 3.8) is 0 Å². The molecule has 0 radical (unpaired) electrons. The number of benzene rings is 1. The standard InChI is InChI=1S/C49H75N7O13S3/c1-10-14-41(59)68-28-56(47(63)42(30(5)11-2)52-45(62)38-15-12-13-20-55(38)9)39(29(3)4)25-40(69-33(8)57)46-51-37(27-70-46)44(61)50-35(24-34-16-18-36(58)19-17-34)23-31(6)43(60)53-54-49(66)67-21-22-71-72-26-32(7)48(64)65/h16-19,27,29-32,35,38-40,42,58H,10-15,20-26,28H2,1-9H3,(H,50,61)(H,52,62)(H,53,60)(H,54,66)(H,64,65)/t30?,31-,32-,35+,38+,39+,40+,42-/m0/s1. The number of phenolic OH excluding ortho intramolecular Hbond substituents is 1. The molecule has 72 heavy (non-hydrogen) atoms. The van der Waals surface area contributed by atoms with Gasteiger partial charge in [0.2, 0.25) is 17.7 Å². The largest absolute Gasteiger partial charge is 0.508 e. The summed E-state index contributed by atoms with van der Waals surface area (Å²) in [6, 6.07) is 3.62. The molecule has 0 aliphatic carbocycles. The van der Waals surface area contributed by atoms with Gasteiger partial charge in [-0.2, -0.15) is 0 Å². The van der Waals surface area contributed by atoms with Crippen LogP contribution >= 0.6 is 32.9 Å². The zero-order valence-corrected chi connectivity index (χ0v) is 45.4. The van der Waals surface area contributed by atoms with E-state index in [0.29, 0.717) is 30.8 Å². The molecule has 20 nitrogen and oxygen atoms in total. The molecule has 5 amide bonds. The molecule has 1 unspecified atom stereocenters. The number of likely N-dealkylation sites (tertiary alicyclic amines) is 1. The van der Waals surface area contributed by atoms with Gasteiger partial charge in [-0.05, 0) is 75.2 Å². The first kappa shape index (κ1) is 61.2. The molecular formula is C49H75N7O13S3. The number of aromatic hydroxyl groups is 1. The van der Waals surface area contributed by atoms with Crippen LogP contribution < -0.4 is 21.5 Å². The number of thiazole rings is 1. The molecular weight excluding hydrogens is 991 g/mol. The summed E-state index contributed by atoms with van der Waals surface area (Å²) in [6.45, 7) is 14.2. The highest BCUT2D eigenvalue weighted by Gasteiger charge is 2.39. The van der Waals surface area contributed by atoms with E-state index in [1.807, 2.05) is 46.6 Å². The Balaban J connectivity index is 1.83. The van der Waals surface area contributed by atoms with Gasteiger partial charge in [0.05, 0.1) is 12.0 Å². The zero-order chi connectivity index (χ0) is 53.5. The number of hydrogen-bond acceptors (Lipinski definition) is 17. The fraction of sp³-hybridized carbons (Fsp3) is 0.653. The van der Waals surface area contributed by atoms with E-state index >= 15 is 0 Å². The highest BCUT2D eigenvalue weighted by Crippen LogP contribution is 2.32. The Labute approximate surface area is 434 Å². The quantitative estimate of drug-likeness (QED) is 0.0131. The molecule has 2 heterocycles. The summed E-state index contributed by atoms with van der Waals surface area (Å²) >= 11 is 1.07. The lowest BCUT2D eigenvalue weighted by Gasteiger charge is -2.39. The fourth-order valence-electron chi connectivity index (χ4n) is 7.80. The van der Waals surface area contributed by atoms with Crippen molar-refractivity contribution in [2.24, 2.45) is 23.7 Å². The maximum Gasteiger partial charge on any atom is 0.426 e. The first-order valence-electron chi connectivity index (χ1n) is 24.5. The van der Waals surface area contributed by atoms with Crippen molar-refractivity contribution >= 4 is 80.6 Å². The number of nitrogens with one attached hydrogen (secondary N) is 4. The Hall–Kier alpha value is -5.13. The maximum absolute atomic E-state index is 14.9. The van der Waals surface area contributed by atoms with Gasteiger partial charge < -0.3 is 40.0 Å². The molecule has 0 spiro atoms. The predicted molar refractivity (Wildman–Crippen MR) is 275 cm³/mol. The number of phenols is 1. The SMILES string of the molecule is CCCC(=O)OCN(C(=O)[C@@H](NC(=O)[C@H]1CCCCN1C)C(C)CC)[C@H](C[C@@H](OC(C)=O)c1nc(C(=O)N[C@@H](Cc2ccc(O)cc2)C[C@H](C)C(=O)NNC(=O)OCCSSC[C@H](C)C(=O)O)cs1)C(C)C. The van der Waals surface area contributed by atoms with Crippen LogP contribution in [-0.2, 0) is 49.4 Å². The number of rotatable bonds is 29. The molecule has 2 aromatic rings. The number of aliphatic carboxylic acids is 1. The van der Waals surface area contributed by atoms with E-state index in [9.17, 15) is 43.5 Å². The van der Waals surface area contributed by atoms with Gasteiger partial charge in [0, 0.05) is 54.7 Å². The first-order valence-corrected chi connectivity index (χ1v) is 27.9. The summed E-state index contributed by atoms with van der Waals surface area (Å²) < 4.78 is 16.6. The Bertz CT molecular complexity index is 2100. The maximum atomic E-state index is 14.9. The van der Waals surface area contributed by atoms with Crippen LogP contribution in [0.2, 0.25) is 0 Å². The number of carbonyl (C=O) groups excluding carboxylic acids is 7. The number of esters is 2. The minimum Gasteiger partial charge on any atom is -0.508 e. The van der Waals surface area contributed by atoms with Gasteiger partial charge >= 0.3 is 24.0 Å². The van der Waals surface area contributed by atoms with Crippen LogP contribution in [-0.4, -0.2) is 135 Å². The van der Waals surface area contributed by atoms with E-state index in [2.05, 4.69) is 26.5 Å². The van der Waals surface area contributed by atoms with Gasteiger partial charge in [0.1, 0.15) is 29.1 Å². The molecule has 402 valence electrons. The van der Waals surface area contributed by atoms with E-state index in [1.54, 1.807) is 26.0 Å². The number of carbonyl (C=O) groups is 8. The lowest BCUT2D eigenvalue weighted by atomic mass is 9.92. The number of piperidine rings is 1. The van der Waals surface area contributed by atoms with Gasteiger partial charge in [-0.15, -0.1) is 11.3 Å². The molecule has 0 bridgehead atoms. The van der Waals surface area contributed by atoms with Crippen molar-refractivity contribution in [1.29, 1.82) is 0 Å². The highest BCUT2D eigenvalue weighted by molar-refractivity contribution is 8.76. The van der Waals surface area contributed by atoms with E-state index in [0.717, 1.165) is 36.3 Å². The normalized spacial score (nSPS) is 16.7. The van der Waals surface area contributed by atoms with Gasteiger partial charge in [0.25, 0.3) is 5.91 Å². The summed E-state index contributed by atoms with van der Waals surface area (Å²) in [4.78, 5) is 113. The van der Waals surface area contributed by atoms with Crippen LogP contribution in [0, 0.1) is 23.7 Å². The number of hydrazine groups is 1. The Morgan fingerprint density at radius 3 is 2.26 bits per heavy atom. The van der Waals surface area contributed by atoms with E-state index < -0.39 is 90.6 Å². The number of ether oxygens (including phenoxy) is 3. The molecule has 1 fully saturated rings. The molecule has 1 saturated heterocycles. The minimum atomic E-state index is -1.06. The van der Waals surface area contributed by atoms with Crippen molar-refractivity contribution < 1.29 is 62.8 Å². The van der Waals surface area contributed by atoms with E-state index in [-0.39, 0.29) is 66.5 Å². The Morgan fingerprint density at radius 1 is 0.931 bits per heavy atom. The number of amides is 5. The van der Waals surface area contributed by atoms with Crippen LogP contribution in [0.25, 0.3) is 0 Å². The van der Waals surface area contributed by atoms with Crippen molar-refractivity contribution in [3.8, 4) is 5.75 Å². The number of carboxylic acids is 1. The Kier molecular flexibility index (Phi) is 26.7. The monoisotopic (exact) mass is 1070 g/mol. The second-order valence-corrected chi connectivity index (χ2v) is 22.1. The highest BCUT2D eigenvalue weighted by atomic mass is 33.1. The van der Waals surface area contributed by atoms with E-state index in [4.69, 9.17) is 19.3 Å². The van der Waals surface area contributed by atoms with Crippen molar-refractivity contribution in [2.75, 3.05) is 38.4 Å². The third kappa shape index (κ3) is 20.8. The summed E-state index contributed by atoms with van der Waals surface area (Å²) in [7, 11) is 4.59. The molecule has 23 heteroatoms. The lowest BCUT2D eigenvalue weighted by molar-refractivity contribution is -0.160. The molecule has 8 atom stereocenters. The average molecular weight is 1070 g/mol. The van der Waals surface area contributed by atoms with Gasteiger partial charge in [-0.3, -0.25) is 43.9 Å². The van der Waals surface area contributed by atoms with E-state index in [1.165, 1.54) is 50.9 Å². The second kappa shape index (κ2) is 31.5. The zero-order valence-electron chi connectivity index (χ0n) is 42.9. The summed E-state index contributed by atoms with van der Waals surface area (Å²) in [5.74, 6) is -4.94. The van der Waals surface area contributed by atoms with Crippen molar-refractivity contribution in [1.82, 2.24) is 36.3 Å². The van der Waals surface area contributed by atoms with Crippen molar-refractivity contribution in [3.05, 3.63) is 45.9 Å². The topological polar surface area (TPSA) is 272 Å². The molecule has 1 aromatic carbocycles. The summed E-state index contributed by atoms with van der Waals surface area (Å²) in [6.07, 6.45) is 2.12. The van der Waals surface area contributed by atoms with Crippen LogP contribution in [0.4, 0.5) is 4.79 Å². The number of aromatic nitrogens is 1. The summed E-state index contributed by atoms with van der Waals surface area (Å²) in [5, 5.41) is 26.7. The number of likely N-dealkylation sites (N-methyl/N-ethyl adjacent to an activating group) is 1. The van der Waals surface area contributed by atoms with Gasteiger partial charge in [-0.1, -0.05) is 95.0 Å². The second-order valence-electron chi connectivity index (χ2n) is 18.6. The van der Waals surface area contributed by atoms with Gasteiger partial charge in [-0.25, -0.2) is 15.2 Å². The average Bonchev–Trinajstić information content (AvgIpc) is 3.84. The Morgan fingerprint density at radius 2 is 1.64 bits per heavy atom. The molecule has 1 aliphatic heterocycles. The summed E-state index contributed by atoms with van der Waals surface area (Å²) in [5.41, 5.74) is 5.29. The first-order chi connectivity index (χ1) is 34.1. The van der Waals surface area contributed by atoms with Crippen LogP contribution in [0.1, 0.15) is 134 Å². The fourth-order valence-corrected chi connectivity index (χ4v) is 10.8. The minimum absolute atomic E-state index is 0.000918. The molecule has 1 aromatic heterocycles. The third-order valence-electron chi connectivity index (χ3n) is 12.3. The number of nitrogens with zero attached hydrogens (tertiary/aromatic N) is 3. The molecule has 1 aliphatic rings. The lowest BCUT2D eigenvalue weighted by Crippen LogP contribution is -2.59. The molecule has 6 N–H and O–H groups in total. The predicted octanol–water partition coefficient (Wildman–Crippen LogP) is 6.24. The van der Waals surface area contributed by atoms with Crippen LogP contribution in [0.15, 0.2) is 29.6 Å². The molecule has 3 rings (SSSR count). The number of carboxylic acid groups (broad SMARTS) is 1. The van der Waals surface area contributed by atoms with Crippen LogP contribution in [0.5, 0.6) is 5.75 Å². The smallest absolute Gasteiger partial charge is 0.426 e.